The maximum atomic E-state index is 12.5. The van der Waals surface area contributed by atoms with Crippen LogP contribution in [0.25, 0.3) is 0 Å². The van der Waals surface area contributed by atoms with Crippen molar-refractivity contribution in [3.05, 3.63) is 0 Å². The van der Waals surface area contributed by atoms with E-state index in [0.29, 0.717) is 5.92 Å². The molecule has 0 aromatic rings. The van der Waals surface area contributed by atoms with E-state index in [1.165, 1.54) is 25.7 Å². The van der Waals surface area contributed by atoms with Crippen molar-refractivity contribution in [1.82, 2.24) is 0 Å². The van der Waals surface area contributed by atoms with Crippen LogP contribution in [0.4, 0.5) is 0 Å². The monoisotopic (exact) mass is 264 g/mol. The van der Waals surface area contributed by atoms with Crippen LogP contribution in [0.1, 0.15) is 66.2 Å². The highest BCUT2D eigenvalue weighted by Crippen LogP contribution is 2.62. The van der Waals surface area contributed by atoms with Gasteiger partial charge in [-0.15, -0.1) is 0 Å². The van der Waals surface area contributed by atoms with Gasteiger partial charge in [-0.2, -0.15) is 0 Å². The number of carbonyl (C=O) groups is 1. The Morgan fingerprint density at radius 3 is 2.68 bits per heavy atom. The molecule has 2 bridgehead atoms. The molecule has 0 aliphatic heterocycles. The van der Waals surface area contributed by atoms with Gasteiger partial charge >= 0.3 is 5.97 Å². The average Bonchev–Trinajstić information content (AvgIpc) is 2.97. The van der Waals surface area contributed by atoms with Crippen LogP contribution in [0, 0.1) is 29.1 Å². The molecule has 108 valence electrons. The Bertz CT molecular complexity index is 381. The molecule has 2 heteroatoms. The standard InChI is InChI=1S/C17H28O2/c1-11(16(2,3)4)15(18)19-17-9-8-12(10-17)13-6-5-7-14(13)17/h11-14H,5-10H2,1-4H3. The summed E-state index contributed by atoms with van der Waals surface area (Å²) in [6.45, 7) is 8.40. The predicted molar refractivity (Wildman–Crippen MR) is 75.6 cm³/mol. The lowest BCUT2D eigenvalue weighted by Crippen LogP contribution is -2.42. The Balaban J connectivity index is 1.74. The summed E-state index contributed by atoms with van der Waals surface area (Å²) in [7, 11) is 0. The van der Waals surface area contributed by atoms with Gasteiger partial charge in [0.1, 0.15) is 5.60 Å². The lowest BCUT2D eigenvalue weighted by molar-refractivity contribution is -0.172. The van der Waals surface area contributed by atoms with E-state index < -0.39 is 0 Å². The highest BCUT2D eigenvalue weighted by Gasteiger charge is 2.61. The topological polar surface area (TPSA) is 26.3 Å². The molecule has 2 nitrogen and oxygen atoms in total. The van der Waals surface area contributed by atoms with Crippen LogP contribution < -0.4 is 0 Å². The maximum Gasteiger partial charge on any atom is 0.309 e. The molecule has 0 heterocycles. The zero-order valence-electron chi connectivity index (χ0n) is 12.9. The fourth-order valence-electron chi connectivity index (χ4n) is 4.80. The molecule has 0 N–H and O–H groups in total. The summed E-state index contributed by atoms with van der Waals surface area (Å²) in [6, 6.07) is 0. The van der Waals surface area contributed by atoms with Gasteiger partial charge in [0.2, 0.25) is 0 Å². The van der Waals surface area contributed by atoms with Gasteiger partial charge in [-0.25, -0.2) is 0 Å². The van der Waals surface area contributed by atoms with E-state index >= 15 is 0 Å². The molecule has 3 saturated carbocycles. The van der Waals surface area contributed by atoms with E-state index in [2.05, 4.69) is 20.8 Å². The van der Waals surface area contributed by atoms with Crippen LogP contribution >= 0.6 is 0 Å². The molecule has 3 aliphatic rings. The summed E-state index contributed by atoms with van der Waals surface area (Å²) in [6.07, 6.45) is 7.59. The van der Waals surface area contributed by atoms with Gasteiger partial charge in [0.05, 0.1) is 5.92 Å². The number of ether oxygens (including phenoxy) is 1. The fourth-order valence-corrected chi connectivity index (χ4v) is 4.80. The first kappa shape index (κ1) is 13.5. The number of fused-ring (bicyclic) bond motifs is 5. The highest BCUT2D eigenvalue weighted by atomic mass is 16.6. The van der Waals surface area contributed by atoms with E-state index in [4.69, 9.17) is 4.74 Å². The minimum Gasteiger partial charge on any atom is -0.459 e. The summed E-state index contributed by atoms with van der Waals surface area (Å²) in [5.41, 5.74) is -0.0676. The normalized spacial score (nSPS) is 42.2. The first-order chi connectivity index (χ1) is 8.83. The average molecular weight is 264 g/mol. The lowest BCUT2D eigenvalue weighted by Gasteiger charge is -2.37. The Kier molecular flexibility index (Phi) is 3.00. The van der Waals surface area contributed by atoms with Gasteiger partial charge < -0.3 is 4.74 Å². The van der Waals surface area contributed by atoms with Gasteiger partial charge in [0.25, 0.3) is 0 Å². The number of esters is 1. The molecule has 0 saturated heterocycles. The van der Waals surface area contributed by atoms with Gasteiger partial charge in [-0.05, 0) is 49.4 Å². The van der Waals surface area contributed by atoms with Crippen LogP contribution in [0.2, 0.25) is 0 Å². The van der Waals surface area contributed by atoms with Crippen molar-refractivity contribution in [2.75, 3.05) is 0 Å². The van der Waals surface area contributed by atoms with Crippen molar-refractivity contribution in [2.24, 2.45) is 29.1 Å². The van der Waals surface area contributed by atoms with Gasteiger partial charge in [-0.1, -0.05) is 34.1 Å². The zero-order chi connectivity index (χ0) is 13.8. The van der Waals surface area contributed by atoms with Crippen LogP contribution in [-0.2, 0) is 9.53 Å². The first-order valence-electron chi connectivity index (χ1n) is 8.06. The third-order valence-electron chi connectivity index (χ3n) is 6.35. The smallest absolute Gasteiger partial charge is 0.309 e. The van der Waals surface area contributed by atoms with Crippen LogP contribution in [0.15, 0.2) is 0 Å². The number of hydrogen-bond donors (Lipinski definition) is 0. The molecule has 0 aromatic heterocycles. The second-order valence-corrected chi connectivity index (χ2v) is 8.28. The largest absolute Gasteiger partial charge is 0.459 e. The van der Waals surface area contributed by atoms with Crippen molar-refractivity contribution in [2.45, 2.75) is 71.8 Å². The van der Waals surface area contributed by atoms with Crippen LogP contribution in [0.3, 0.4) is 0 Å². The molecule has 5 unspecified atom stereocenters. The summed E-state index contributed by atoms with van der Waals surface area (Å²) < 4.78 is 6.15. The van der Waals surface area contributed by atoms with Gasteiger partial charge in [0, 0.05) is 5.92 Å². The third-order valence-corrected chi connectivity index (χ3v) is 6.35. The lowest BCUT2D eigenvalue weighted by atomic mass is 9.78. The molecule has 0 aromatic carbocycles. The molecule has 3 fully saturated rings. The molecule has 3 aliphatic carbocycles. The predicted octanol–water partition coefficient (Wildman–Crippen LogP) is 4.18. The van der Waals surface area contributed by atoms with Crippen molar-refractivity contribution in [1.29, 1.82) is 0 Å². The van der Waals surface area contributed by atoms with E-state index in [1.807, 2.05) is 6.92 Å². The quantitative estimate of drug-likeness (QED) is 0.699. The van der Waals surface area contributed by atoms with Crippen molar-refractivity contribution >= 4 is 5.97 Å². The van der Waals surface area contributed by atoms with E-state index in [0.717, 1.165) is 24.7 Å². The van der Waals surface area contributed by atoms with Crippen molar-refractivity contribution < 1.29 is 9.53 Å². The Morgan fingerprint density at radius 2 is 2.00 bits per heavy atom. The van der Waals surface area contributed by atoms with Gasteiger partial charge in [-0.3, -0.25) is 4.79 Å². The second kappa shape index (κ2) is 4.23. The fraction of sp³-hybridized carbons (Fsp3) is 0.941. The van der Waals surface area contributed by atoms with Crippen molar-refractivity contribution in [3.8, 4) is 0 Å². The zero-order valence-corrected chi connectivity index (χ0v) is 12.9. The number of carbonyl (C=O) groups excluding carboxylic acids is 1. The maximum absolute atomic E-state index is 12.5. The minimum atomic E-state index is -0.0670. The van der Waals surface area contributed by atoms with Crippen LogP contribution in [-0.4, -0.2) is 11.6 Å². The second-order valence-electron chi connectivity index (χ2n) is 8.28. The molecule has 5 atom stereocenters. The summed E-state index contributed by atoms with van der Waals surface area (Å²) in [4.78, 5) is 12.5. The molecule has 19 heavy (non-hydrogen) atoms. The molecule has 0 spiro atoms. The Morgan fingerprint density at radius 1 is 1.26 bits per heavy atom. The van der Waals surface area contributed by atoms with Crippen LogP contribution in [0.5, 0.6) is 0 Å². The summed E-state index contributed by atoms with van der Waals surface area (Å²) >= 11 is 0. The highest BCUT2D eigenvalue weighted by molar-refractivity contribution is 5.73. The number of hydrogen-bond acceptors (Lipinski definition) is 2. The molecular formula is C17H28O2. The SMILES string of the molecule is CC(C(=O)OC12CCC(C1)C1CCCC12)C(C)(C)C. The minimum absolute atomic E-state index is 0.000585. The molecule has 3 rings (SSSR count). The molecule has 0 amide bonds. The van der Waals surface area contributed by atoms with E-state index in [-0.39, 0.29) is 22.9 Å². The van der Waals surface area contributed by atoms with Gasteiger partial charge in [0.15, 0.2) is 0 Å². The summed E-state index contributed by atoms with van der Waals surface area (Å²) in [5, 5.41) is 0. The third kappa shape index (κ3) is 2.02. The summed E-state index contributed by atoms with van der Waals surface area (Å²) in [5.74, 6) is 2.43. The van der Waals surface area contributed by atoms with E-state index in [1.54, 1.807) is 0 Å². The molecular weight excluding hydrogens is 236 g/mol. The number of rotatable bonds is 2. The molecule has 0 radical (unpaired) electrons. The Labute approximate surface area is 117 Å². The van der Waals surface area contributed by atoms with E-state index in [9.17, 15) is 4.79 Å². The Hall–Kier alpha value is -0.530. The van der Waals surface area contributed by atoms with Crippen molar-refractivity contribution in [3.63, 3.8) is 0 Å². The first-order valence-corrected chi connectivity index (χ1v) is 8.06.